The summed E-state index contributed by atoms with van der Waals surface area (Å²) in [6, 6.07) is 10.5. The molecule has 0 N–H and O–H groups in total. The predicted molar refractivity (Wildman–Crippen MR) is 70.1 cm³/mol. The van der Waals surface area contributed by atoms with Crippen molar-refractivity contribution in [3.05, 3.63) is 41.6 Å². The van der Waals surface area contributed by atoms with E-state index in [-0.39, 0.29) is 0 Å². The van der Waals surface area contributed by atoms with Crippen LogP contribution in [0.1, 0.15) is 24.1 Å². The summed E-state index contributed by atoms with van der Waals surface area (Å²) in [6.07, 6.45) is 3.32. The van der Waals surface area contributed by atoms with Crippen LogP contribution >= 0.6 is 11.6 Å². The van der Waals surface area contributed by atoms with Gasteiger partial charge in [-0.2, -0.15) is 0 Å². The number of hydrogen-bond acceptors (Lipinski definition) is 1. The van der Waals surface area contributed by atoms with E-state index < -0.39 is 0 Å². The molecule has 1 nitrogen and oxygen atoms in total. The Morgan fingerprint density at radius 2 is 2.00 bits per heavy atom. The first-order valence-corrected chi connectivity index (χ1v) is 6.26. The van der Waals surface area contributed by atoms with Gasteiger partial charge in [0, 0.05) is 17.0 Å². The van der Waals surface area contributed by atoms with Crippen LogP contribution in [0.2, 0.25) is 0 Å². The third-order valence-electron chi connectivity index (χ3n) is 2.76. The highest BCUT2D eigenvalue weighted by atomic mass is 35.5. The quantitative estimate of drug-likeness (QED) is 0.572. The summed E-state index contributed by atoms with van der Waals surface area (Å²) < 4.78 is 0. The first-order chi connectivity index (χ1) is 7.81. The van der Waals surface area contributed by atoms with Crippen molar-refractivity contribution in [2.45, 2.75) is 26.2 Å². The molecule has 0 atom stereocenters. The van der Waals surface area contributed by atoms with Gasteiger partial charge < -0.3 is 0 Å². The van der Waals surface area contributed by atoms with Crippen molar-refractivity contribution in [1.29, 1.82) is 0 Å². The van der Waals surface area contributed by atoms with Gasteiger partial charge in [0.15, 0.2) is 0 Å². The summed E-state index contributed by atoms with van der Waals surface area (Å²) in [6.45, 7) is 2.05. The molecule has 1 heterocycles. The zero-order valence-corrected chi connectivity index (χ0v) is 10.3. The zero-order chi connectivity index (χ0) is 11.4. The number of unbranched alkanes of at least 4 members (excludes halogenated alkanes) is 1. The monoisotopic (exact) mass is 233 g/mol. The lowest BCUT2D eigenvalue weighted by molar-refractivity contribution is 0.802. The third-order valence-corrected chi connectivity index (χ3v) is 3.03. The number of alkyl halides is 1. The summed E-state index contributed by atoms with van der Waals surface area (Å²) in [7, 11) is 0. The smallest absolute Gasteiger partial charge is 0.0707 e. The number of aromatic nitrogens is 1. The topological polar surface area (TPSA) is 12.9 Å². The average Bonchev–Trinajstić information content (AvgIpc) is 2.29. The fourth-order valence-corrected chi connectivity index (χ4v) is 2.20. The van der Waals surface area contributed by atoms with Gasteiger partial charge in [0.1, 0.15) is 0 Å². The van der Waals surface area contributed by atoms with E-state index >= 15 is 0 Å². The molecule has 0 unspecified atom stereocenters. The van der Waals surface area contributed by atoms with Crippen LogP contribution in [0.25, 0.3) is 10.9 Å². The molecule has 0 bridgehead atoms. The van der Waals surface area contributed by atoms with Crippen LogP contribution in [0.15, 0.2) is 30.3 Å². The maximum Gasteiger partial charge on any atom is 0.0707 e. The number of benzene rings is 1. The van der Waals surface area contributed by atoms with Gasteiger partial charge in [-0.05, 0) is 43.9 Å². The lowest BCUT2D eigenvalue weighted by atomic mass is 10.0. The molecule has 0 aliphatic rings. The number of nitrogens with zero attached hydrogens (tertiary/aromatic N) is 1. The minimum atomic E-state index is 0.752. The Morgan fingerprint density at radius 3 is 2.81 bits per heavy atom. The molecule has 1 aromatic heterocycles. The van der Waals surface area contributed by atoms with Gasteiger partial charge in [-0.1, -0.05) is 18.2 Å². The van der Waals surface area contributed by atoms with Crippen LogP contribution in [0.4, 0.5) is 0 Å². The number of hydrogen-bond donors (Lipinski definition) is 0. The summed E-state index contributed by atoms with van der Waals surface area (Å²) in [5.74, 6) is 0.752. The molecule has 1 aromatic carbocycles. The van der Waals surface area contributed by atoms with Crippen LogP contribution in [0.5, 0.6) is 0 Å². The number of rotatable bonds is 4. The molecular formula is C14H16ClN. The largest absolute Gasteiger partial charge is 0.253 e. The molecular weight excluding hydrogens is 218 g/mol. The average molecular weight is 234 g/mol. The van der Waals surface area contributed by atoms with Crippen molar-refractivity contribution in [3.8, 4) is 0 Å². The Kier molecular flexibility index (Phi) is 3.79. The maximum atomic E-state index is 5.70. The fraction of sp³-hybridized carbons (Fsp3) is 0.357. The molecule has 2 heteroatoms. The second-order valence-corrected chi connectivity index (χ2v) is 4.46. The zero-order valence-electron chi connectivity index (χ0n) is 9.54. The van der Waals surface area contributed by atoms with E-state index in [4.69, 9.17) is 11.6 Å². The van der Waals surface area contributed by atoms with Gasteiger partial charge in [0.25, 0.3) is 0 Å². The minimum Gasteiger partial charge on any atom is -0.253 e. The number of pyridine rings is 1. The Hall–Kier alpha value is -1.08. The van der Waals surface area contributed by atoms with E-state index in [1.807, 2.05) is 6.07 Å². The van der Waals surface area contributed by atoms with Crippen LogP contribution < -0.4 is 0 Å². The van der Waals surface area contributed by atoms with Crippen LogP contribution in [-0.4, -0.2) is 10.9 Å². The molecule has 2 rings (SSSR count). The lowest BCUT2D eigenvalue weighted by Gasteiger charge is -2.07. The van der Waals surface area contributed by atoms with Crippen molar-refractivity contribution in [2.75, 3.05) is 5.88 Å². The summed E-state index contributed by atoms with van der Waals surface area (Å²) in [5, 5.41) is 1.28. The maximum absolute atomic E-state index is 5.70. The predicted octanol–water partition coefficient (Wildman–Crippen LogP) is 4.10. The second-order valence-electron chi connectivity index (χ2n) is 4.09. The van der Waals surface area contributed by atoms with Gasteiger partial charge >= 0.3 is 0 Å². The van der Waals surface area contributed by atoms with Crippen LogP contribution in [-0.2, 0) is 6.42 Å². The van der Waals surface area contributed by atoms with Gasteiger partial charge in [-0.15, -0.1) is 11.6 Å². The molecule has 0 saturated carbocycles. The first-order valence-electron chi connectivity index (χ1n) is 5.72. The molecule has 0 radical (unpaired) electrons. The molecule has 84 valence electrons. The SMILES string of the molecule is Cc1cc(CCCCCl)c2ccccc2n1. The lowest BCUT2D eigenvalue weighted by Crippen LogP contribution is -1.93. The number of halogens is 1. The number of para-hydroxylation sites is 1. The fourth-order valence-electron chi connectivity index (χ4n) is 2.01. The number of aryl methyl sites for hydroxylation is 2. The summed E-state index contributed by atoms with van der Waals surface area (Å²) in [4.78, 5) is 4.54. The second kappa shape index (κ2) is 5.31. The van der Waals surface area contributed by atoms with Crippen molar-refractivity contribution in [1.82, 2.24) is 4.98 Å². The van der Waals surface area contributed by atoms with E-state index in [0.29, 0.717) is 0 Å². The van der Waals surface area contributed by atoms with Crippen LogP contribution in [0.3, 0.4) is 0 Å². The normalized spacial score (nSPS) is 10.9. The van der Waals surface area contributed by atoms with E-state index in [0.717, 1.165) is 36.4 Å². The van der Waals surface area contributed by atoms with Crippen LogP contribution in [0, 0.1) is 6.92 Å². The standard InChI is InChI=1S/C14H16ClN/c1-11-10-12(6-4-5-9-15)13-7-2-3-8-14(13)16-11/h2-3,7-8,10H,4-6,9H2,1H3. The Morgan fingerprint density at radius 1 is 1.19 bits per heavy atom. The summed E-state index contributed by atoms with van der Waals surface area (Å²) in [5.41, 5.74) is 3.59. The van der Waals surface area contributed by atoms with Crippen molar-refractivity contribution in [3.63, 3.8) is 0 Å². The highest BCUT2D eigenvalue weighted by Gasteiger charge is 2.02. The Balaban J connectivity index is 2.34. The Bertz CT molecular complexity index is 479. The first kappa shape index (κ1) is 11.4. The van der Waals surface area contributed by atoms with Crippen molar-refractivity contribution >= 4 is 22.5 Å². The van der Waals surface area contributed by atoms with Gasteiger partial charge in [-0.3, -0.25) is 4.98 Å². The van der Waals surface area contributed by atoms with Gasteiger partial charge in [-0.25, -0.2) is 0 Å². The van der Waals surface area contributed by atoms with Gasteiger partial charge in [0.05, 0.1) is 5.52 Å². The highest BCUT2D eigenvalue weighted by Crippen LogP contribution is 2.19. The molecule has 0 amide bonds. The highest BCUT2D eigenvalue weighted by molar-refractivity contribution is 6.17. The third kappa shape index (κ3) is 2.53. The molecule has 16 heavy (non-hydrogen) atoms. The van der Waals surface area contributed by atoms with E-state index in [1.165, 1.54) is 10.9 Å². The number of fused-ring (bicyclic) bond motifs is 1. The van der Waals surface area contributed by atoms with E-state index in [9.17, 15) is 0 Å². The Labute approximate surface area is 101 Å². The van der Waals surface area contributed by atoms with Gasteiger partial charge in [0.2, 0.25) is 0 Å². The minimum absolute atomic E-state index is 0.752. The van der Waals surface area contributed by atoms with Crippen molar-refractivity contribution < 1.29 is 0 Å². The van der Waals surface area contributed by atoms with Crippen molar-refractivity contribution in [2.24, 2.45) is 0 Å². The molecule has 2 aromatic rings. The molecule has 0 saturated heterocycles. The summed E-state index contributed by atoms with van der Waals surface area (Å²) >= 11 is 5.70. The molecule has 0 fully saturated rings. The van der Waals surface area contributed by atoms with E-state index in [2.05, 4.69) is 36.2 Å². The molecule has 0 aliphatic heterocycles. The molecule has 0 spiro atoms. The molecule has 0 aliphatic carbocycles. The van der Waals surface area contributed by atoms with E-state index in [1.54, 1.807) is 0 Å².